The van der Waals surface area contributed by atoms with Crippen molar-refractivity contribution in [1.29, 1.82) is 0 Å². The van der Waals surface area contributed by atoms with E-state index in [4.69, 9.17) is 9.47 Å². The van der Waals surface area contributed by atoms with E-state index in [1.54, 1.807) is 7.11 Å². The second-order valence-corrected chi connectivity index (χ2v) is 6.19. The summed E-state index contributed by atoms with van der Waals surface area (Å²) in [5.74, 6) is 0.888. The van der Waals surface area contributed by atoms with Gasteiger partial charge in [-0.3, -0.25) is 0 Å². The number of esters is 1. The minimum absolute atomic E-state index is 0.114. The van der Waals surface area contributed by atoms with Gasteiger partial charge in [-0.2, -0.15) is 0 Å². The van der Waals surface area contributed by atoms with Gasteiger partial charge in [-0.05, 0) is 51.1 Å². The van der Waals surface area contributed by atoms with Gasteiger partial charge < -0.3 is 19.7 Å². The van der Waals surface area contributed by atoms with Crippen LogP contribution in [-0.2, 0) is 14.3 Å². The molecule has 2 rings (SSSR count). The van der Waals surface area contributed by atoms with Crippen LogP contribution in [0.25, 0.3) is 0 Å². The molecule has 1 heterocycles. The van der Waals surface area contributed by atoms with Crippen molar-refractivity contribution in [3.05, 3.63) is 0 Å². The summed E-state index contributed by atoms with van der Waals surface area (Å²) in [7, 11) is 5.13. The van der Waals surface area contributed by atoms with Gasteiger partial charge in [-0.25, -0.2) is 4.79 Å². The Bertz CT molecular complexity index is 331. The highest BCUT2D eigenvalue weighted by Crippen LogP contribution is 2.41. The van der Waals surface area contributed by atoms with E-state index in [0.717, 1.165) is 39.1 Å². The van der Waals surface area contributed by atoms with Crippen molar-refractivity contribution in [2.24, 2.45) is 11.8 Å². The molecule has 2 fully saturated rings. The third-order valence-corrected chi connectivity index (χ3v) is 4.75. The normalized spacial score (nSPS) is 27.1. The van der Waals surface area contributed by atoms with E-state index >= 15 is 0 Å². The summed E-state index contributed by atoms with van der Waals surface area (Å²) in [6.45, 7) is 3.64. The molecule has 0 radical (unpaired) electrons. The first-order valence-electron chi connectivity index (χ1n) is 7.65. The monoisotopic (exact) mass is 284 g/mol. The Balaban J connectivity index is 2.02. The maximum absolute atomic E-state index is 12.3. The van der Waals surface area contributed by atoms with Crippen LogP contribution < -0.4 is 5.32 Å². The lowest BCUT2D eigenvalue weighted by Crippen LogP contribution is -2.61. The van der Waals surface area contributed by atoms with E-state index in [2.05, 4.69) is 10.2 Å². The largest absolute Gasteiger partial charge is 0.468 e. The molecule has 0 aromatic rings. The van der Waals surface area contributed by atoms with Crippen molar-refractivity contribution in [2.75, 3.05) is 47.5 Å². The average molecular weight is 284 g/mol. The van der Waals surface area contributed by atoms with Gasteiger partial charge in [0.25, 0.3) is 0 Å². The van der Waals surface area contributed by atoms with Crippen LogP contribution in [-0.4, -0.2) is 63.9 Å². The molecule has 2 aliphatic rings. The minimum Gasteiger partial charge on any atom is -0.468 e. The van der Waals surface area contributed by atoms with Crippen molar-refractivity contribution < 1.29 is 14.3 Å². The molecule has 1 saturated heterocycles. The molecule has 0 bridgehead atoms. The number of carbonyl (C=O) groups excluding carboxylic acids is 1. The third-order valence-electron chi connectivity index (χ3n) is 4.75. The Kier molecular flexibility index (Phi) is 5.41. The first-order chi connectivity index (χ1) is 9.66. The number of likely N-dealkylation sites (N-methyl/N-ethyl adjacent to an activating group) is 1. The molecule has 1 aliphatic carbocycles. The highest BCUT2D eigenvalue weighted by molar-refractivity contribution is 5.82. The minimum atomic E-state index is -0.524. The van der Waals surface area contributed by atoms with E-state index in [0.29, 0.717) is 11.8 Å². The SMILES string of the molecule is CNC(CN1CCCC(COC)C1)(C(=O)OC)C1CC1. The average Bonchev–Trinajstić information content (AvgIpc) is 3.30. The van der Waals surface area contributed by atoms with Crippen LogP contribution in [0, 0.1) is 11.8 Å². The molecule has 0 spiro atoms. The fourth-order valence-electron chi connectivity index (χ4n) is 3.52. The lowest BCUT2D eigenvalue weighted by Gasteiger charge is -2.40. The second kappa shape index (κ2) is 6.87. The van der Waals surface area contributed by atoms with Crippen LogP contribution in [0.3, 0.4) is 0 Å². The highest BCUT2D eigenvalue weighted by atomic mass is 16.5. The summed E-state index contributed by atoms with van der Waals surface area (Å²) in [5.41, 5.74) is -0.524. The van der Waals surface area contributed by atoms with Crippen molar-refractivity contribution in [1.82, 2.24) is 10.2 Å². The lowest BCUT2D eigenvalue weighted by atomic mass is 9.90. The molecule has 2 atom stereocenters. The van der Waals surface area contributed by atoms with Crippen LogP contribution in [0.2, 0.25) is 0 Å². The quantitative estimate of drug-likeness (QED) is 0.704. The molecule has 0 aromatic carbocycles. The summed E-state index contributed by atoms with van der Waals surface area (Å²) in [6, 6.07) is 0. The topological polar surface area (TPSA) is 50.8 Å². The number of hydrogen-bond donors (Lipinski definition) is 1. The second-order valence-electron chi connectivity index (χ2n) is 6.19. The number of nitrogens with one attached hydrogen (secondary N) is 1. The van der Waals surface area contributed by atoms with Gasteiger partial charge in [0.15, 0.2) is 0 Å². The van der Waals surface area contributed by atoms with Crippen LogP contribution in [0.5, 0.6) is 0 Å². The zero-order valence-electron chi connectivity index (χ0n) is 13.0. The first kappa shape index (κ1) is 15.7. The van der Waals surface area contributed by atoms with Gasteiger partial charge >= 0.3 is 5.97 Å². The van der Waals surface area contributed by atoms with Gasteiger partial charge in [0, 0.05) is 20.2 Å². The number of carbonyl (C=O) groups is 1. The zero-order chi connectivity index (χ0) is 14.6. The van der Waals surface area contributed by atoms with E-state index in [1.165, 1.54) is 20.0 Å². The smallest absolute Gasteiger partial charge is 0.327 e. The van der Waals surface area contributed by atoms with Gasteiger partial charge in [0.2, 0.25) is 0 Å². The predicted octanol–water partition coefficient (Wildman–Crippen LogP) is 0.886. The van der Waals surface area contributed by atoms with Crippen LogP contribution in [0.4, 0.5) is 0 Å². The first-order valence-corrected chi connectivity index (χ1v) is 7.65. The van der Waals surface area contributed by atoms with Gasteiger partial charge in [-0.15, -0.1) is 0 Å². The molecular weight excluding hydrogens is 256 g/mol. The van der Waals surface area contributed by atoms with Gasteiger partial charge in [0.1, 0.15) is 5.54 Å². The van der Waals surface area contributed by atoms with E-state index in [1.807, 2.05) is 7.05 Å². The molecule has 2 unspecified atom stereocenters. The van der Waals surface area contributed by atoms with Crippen molar-refractivity contribution in [3.8, 4) is 0 Å². The number of hydrogen-bond acceptors (Lipinski definition) is 5. The number of nitrogens with zero attached hydrogens (tertiary/aromatic N) is 1. The molecule has 1 N–H and O–H groups in total. The third kappa shape index (κ3) is 3.32. The molecular formula is C15H28N2O3. The number of ether oxygens (including phenoxy) is 2. The van der Waals surface area contributed by atoms with Crippen molar-refractivity contribution in [3.63, 3.8) is 0 Å². The maximum atomic E-state index is 12.3. The maximum Gasteiger partial charge on any atom is 0.327 e. The number of methoxy groups -OCH3 is 2. The molecule has 5 heteroatoms. The van der Waals surface area contributed by atoms with E-state index < -0.39 is 5.54 Å². The van der Waals surface area contributed by atoms with Crippen molar-refractivity contribution in [2.45, 2.75) is 31.2 Å². The van der Waals surface area contributed by atoms with Gasteiger partial charge in [-0.1, -0.05) is 0 Å². The summed E-state index contributed by atoms with van der Waals surface area (Å²) in [6.07, 6.45) is 4.63. The Morgan fingerprint density at radius 2 is 2.10 bits per heavy atom. The van der Waals surface area contributed by atoms with Gasteiger partial charge in [0.05, 0.1) is 13.7 Å². The fraction of sp³-hybridized carbons (Fsp3) is 0.933. The van der Waals surface area contributed by atoms with Crippen molar-refractivity contribution >= 4 is 5.97 Å². The van der Waals surface area contributed by atoms with E-state index in [-0.39, 0.29) is 5.97 Å². The summed E-state index contributed by atoms with van der Waals surface area (Å²) >= 11 is 0. The summed E-state index contributed by atoms with van der Waals surface area (Å²) in [4.78, 5) is 14.7. The number of piperidine rings is 1. The Hall–Kier alpha value is -0.650. The molecule has 0 aromatic heterocycles. The van der Waals surface area contributed by atoms with Crippen LogP contribution >= 0.6 is 0 Å². The fourth-order valence-corrected chi connectivity index (χ4v) is 3.52. The number of rotatable bonds is 7. The Morgan fingerprint density at radius 3 is 2.65 bits per heavy atom. The molecule has 116 valence electrons. The summed E-state index contributed by atoms with van der Waals surface area (Å²) < 4.78 is 10.4. The Labute approximate surface area is 122 Å². The Morgan fingerprint density at radius 1 is 1.35 bits per heavy atom. The molecule has 5 nitrogen and oxygen atoms in total. The standard InChI is InChI=1S/C15H28N2O3/c1-16-15(13-6-7-13,14(18)20-3)11-17-8-4-5-12(9-17)10-19-2/h12-13,16H,4-11H2,1-3H3. The number of likely N-dealkylation sites (tertiary alicyclic amines) is 1. The van der Waals surface area contributed by atoms with Crippen LogP contribution in [0.15, 0.2) is 0 Å². The van der Waals surface area contributed by atoms with Crippen LogP contribution in [0.1, 0.15) is 25.7 Å². The van der Waals surface area contributed by atoms with E-state index in [9.17, 15) is 4.79 Å². The zero-order valence-corrected chi connectivity index (χ0v) is 13.0. The lowest BCUT2D eigenvalue weighted by molar-refractivity contribution is -0.150. The molecule has 1 aliphatic heterocycles. The molecule has 20 heavy (non-hydrogen) atoms. The predicted molar refractivity (Wildman–Crippen MR) is 77.6 cm³/mol. The molecule has 1 saturated carbocycles. The summed E-state index contributed by atoms with van der Waals surface area (Å²) in [5, 5.41) is 3.27. The highest BCUT2D eigenvalue weighted by Gasteiger charge is 2.52. The molecule has 0 amide bonds.